The fraction of sp³-hybridized carbons (Fsp3) is 0.500. The van der Waals surface area contributed by atoms with Crippen LogP contribution in [0.1, 0.15) is 36.9 Å². The molecule has 0 aromatic heterocycles. The van der Waals surface area contributed by atoms with Gasteiger partial charge in [-0.2, -0.15) is 0 Å². The molecule has 1 heterocycles. The summed E-state index contributed by atoms with van der Waals surface area (Å²) in [6.07, 6.45) is 1.34. The summed E-state index contributed by atoms with van der Waals surface area (Å²) in [5.41, 5.74) is 8.53. The van der Waals surface area contributed by atoms with Crippen molar-refractivity contribution in [2.45, 2.75) is 38.8 Å². The molecule has 0 bridgehead atoms. The van der Waals surface area contributed by atoms with Gasteiger partial charge in [0.25, 0.3) is 0 Å². The molecule has 0 radical (unpaired) electrons. The molecule has 0 saturated carbocycles. The third-order valence-electron chi connectivity index (χ3n) is 3.63. The minimum absolute atomic E-state index is 0.00755. The summed E-state index contributed by atoms with van der Waals surface area (Å²) in [7, 11) is 0. The quantitative estimate of drug-likeness (QED) is 0.913. The summed E-state index contributed by atoms with van der Waals surface area (Å²) in [5, 5.41) is 0. The highest BCUT2D eigenvalue weighted by molar-refractivity contribution is 9.10. The first-order chi connectivity index (χ1) is 8.54. The Hall–Kier alpha value is -0.870. The van der Waals surface area contributed by atoms with Crippen molar-refractivity contribution in [2.24, 2.45) is 5.73 Å². The molecule has 18 heavy (non-hydrogen) atoms. The van der Waals surface area contributed by atoms with E-state index in [2.05, 4.69) is 41.1 Å². The molecule has 2 rings (SSSR count). The Morgan fingerprint density at radius 2 is 2.22 bits per heavy atom. The smallest absolute Gasteiger partial charge is 0.223 e. The van der Waals surface area contributed by atoms with Crippen molar-refractivity contribution >= 4 is 21.8 Å². The summed E-state index contributed by atoms with van der Waals surface area (Å²) < 4.78 is 1.07. The topological polar surface area (TPSA) is 46.3 Å². The molecule has 98 valence electrons. The molecule has 4 heteroatoms. The fourth-order valence-electron chi connectivity index (χ4n) is 2.57. The number of amides is 1. The van der Waals surface area contributed by atoms with Crippen LogP contribution >= 0.6 is 15.9 Å². The highest BCUT2D eigenvalue weighted by Gasteiger charge is 2.33. The molecule has 0 spiro atoms. The lowest BCUT2D eigenvalue weighted by Gasteiger charge is -2.39. The zero-order valence-corrected chi connectivity index (χ0v) is 12.4. The number of hydrogen-bond acceptors (Lipinski definition) is 2. The average Bonchev–Trinajstić information content (AvgIpc) is 2.35. The molecule has 1 saturated heterocycles. The van der Waals surface area contributed by atoms with Crippen LogP contribution in [0.5, 0.6) is 0 Å². The largest absolute Gasteiger partial charge is 0.334 e. The van der Waals surface area contributed by atoms with Gasteiger partial charge >= 0.3 is 0 Å². The number of halogens is 1. The highest BCUT2D eigenvalue weighted by Crippen LogP contribution is 2.32. The van der Waals surface area contributed by atoms with Crippen molar-refractivity contribution in [2.75, 3.05) is 6.54 Å². The highest BCUT2D eigenvalue weighted by atomic mass is 79.9. The summed E-state index contributed by atoms with van der Waals surface area (Å²) >= 11 is 3.55. The number of carbonyl (C=O) groups is 1. The third kappa shape index (κ3) is 2.45. The standard InChI is InChI=1S/C14H19BrN2O/c1-3-17-13(18)7-6-12(16)14(17)10-5-4-9(2)11(15)8-10/h4-5,8,12,14H,3,6-7,16H2,1-2H3. The Bertz CT molecular complexity index is 461. The number of benzene rings is 1. The van der Waals surface area contributed by atoms with Gasteiger partial charge in [0, 0.05) is 23.5 Å². The van der Waals surface area contributed by atoms with Gasteiger partial charge < -0.3 is 10.6 Å². The van der Waals surface area contributed by atoms with E-state index in [0.717, 1.165) is 16.5 Å². The number of hydrogen-bond donors (Lipinski definition) is 1. The molecule has 2 unspecified atom stereocenters. The minimum atomic E-state index is 0.00755. The molecule has 1 aliphatic heterocycles. The summed E-state index contributed by atoms with van der Waals surface area (Å²) in [5.74, 6) is 0.209. The summed E-state index contributed by atoms with van der Waals surface area (Å²) in [4.78, 5) is 13.9. The van der Waals surface area contributed by atoms with Crippen LogP contribution in [-0.2, 0) is 4.79 Å². The number of carbonyl (C=O) groups excluding carboxylic acids is 1. The van der Waals surface area contributed by atoms with E-state index in [-0.39, 0.29) is 18.0 Å². The molecule has 3 nitrogen and oxygen atoms in total. The maximum atomic E-state index is 12.0. The van der Waals surface area contributed by atoms with Crippen LogP contribution in [0.2, 0.25) is 0 Å². The Balaban J connectivity index is 2.38. The Morgan fingerprint density at radius 1 is 1.50 bits per heavy atom. The van der Waals surface area contributed by atoms with E-state index in [0.29, 0.717) is 13.0 Å². The van der Waals surface area contributed by atoms with E-state index in [1.807, 2.05) is 11.8 Å². The van der Waals surface area contributed by atoms with Gasteiger partial charge in [0.2, 0.25) is 5.91 Å². The molecule has 1 aromatic carbocycles. The third-order valence-corrected chi connectivity index (χ3v) is 4.49. The zero-order chi connectivity index (χ0) is 13.3. The first-order valence-corrected chi connectivity index (χ1v) is 7.15. The van der Waals surface area contributed by atoms with Crippen molar-refractivity contribution in [3.05, 3.63) is 33.8 Å². The Kier molecular flexibility index (Phi) is 4.07. The number of likely N-dealkylation sites (N-methyl/N-ethyl adjacent to an activating group) is 1. The summed E-state index contributed by atoms with van der Waals surface area (Å²) in [6.45, 7) is 4.77. The second kappa shape index (κ2) is 5.41. The van der Waals surface area contributed by atoms with E-state index in [1.165, 1.54) is 5.56 Å². The van der Waals surface area contributed by atoms with Crippen LogP contribution in [0.15, 0.2) is 22.7 Å². The Labute approximate surface area is 116 Å². The second-order valence-electron chi connectivity index (χ2n) is 4.84. The van der Waals surface area contributed by atoms with Crippen LogP contribution in [0.3, 0.4) is 0 Å². The van der Waals surface area contributed by atoms with Gasteiger partial charge in [-0.3, -0.25) is 4.79 Å². The predicted molar refractivity (Wildman–Crippen MR) is 76.2 cm³/mol. The molecule has 2 atom stereocenters. The maximum absolute atomic E-state index is 12.0. The van der Waals surface area contributed by atoms with Gasteiger partial charge in [0.05, 0.1) is 6.04 Å². The number of nitrogens with two attached hydrogens (primary N) is 1. The van der Waals surface area contributed by atoms with Gasteiger partial charge in [0.15, 0.2) is 0 Å². The first kappa shape index (κ1) is 13.6. The van der Waals surface area contributed by atoms with Gasteiger partial charge in [-0.05, 0) is 37.5 Å². The van der Waals surface area contributed by atoms with Crippen molar-refractivity contribution < 1.29 is 4.79 Å². The van der Waals surface area contributed by atoms with Crippen molar-refractivity contribution in [3.63, 3.8) is 0 Å². The Morgan fingerprint density at radius 3 is 2.83 bits per heavy atom. The fourth-order valence-corrected chi connectivity index (χ4v) is 2.97. The normalized spacial score (nSPS) is 24.4. The lowest BCUT2D eigenvalue weighted by molar-refractivity contribution is -0.137. The number of piperidine rings is 1. The predicted octanol–water partition coefficient (Wildman–Crippen LogP) is 2.77. The van der Waals surface area contributed by atoms with E-state index in [1.54, 1.807) is 0 Å². The number of aryl methyl sites for hydroxylation is 1. The van der Waals surface area contributed by atoms with Crippen LogP contribution in [0.4, 0.5) is 0 Å². The average molecular weight is 311 g/mol. The van der Waals surface area contributed by atoms with E-state index >= 15 is 0 Å². The van der Waals surface area contributed by atoms with Crippen molar-refractivity contribution in [3.8, 4) is 0 Å². The molecular formula is C14H19BrN2O. The molecular weight excluding hydrogens is 292 g/mol. The molecule has 1 aliphatic rings. The monoisotopic (exact) mass is 310 g/mol. The van der Waals surface area contributed by atoms with Gasteiger partial charge in [-0.25, -0.2) is 0 Å². The lowest BCUT2D eigenvalue weighted by Crippen LogP contribution is -2.48. The van der Waals surface area contributed by atoms with E-state index in [9.17, 15) is 4.79 Å². The zero-order valence-electron chi connectivity index (χ0n) is 10.8. The first-order valence-electron chi connectivity index (χ1n) is 6.35. The molecule has 1 fully saturated rings. The van der Waals surface area contributed by atoms with Crippen LogP contribution < -0.4 is 5.73 Å². The molecule has 0 aliphatic carbocycles. The molecule has 1 amide bonds. The van der Waals surface area contributed by atoms with Crippen molar-refractivity contribution in [1.82, 2.24) is 4.90 Å². The van der Waals surface area contributed by atoms with E-state index in [4.69, 9.17) is 5.73 Å². The molecule has 1 aromatic rings. The number of likely N-dealkylation sites (tertiary alicyclic amines) is 1. The van der Waals surface area contributed by atoms with Crippen LogP contribution in [0, 0.1) is 6.92 Å². The summed E-state index contributed by atoms with van der Waals surface area (Å²) in [6, 6.07) is 6.26. The second-order valence-corrected chi connectivity index (χ2v) is 5.69. The van der Waals surface area contributed by atoms with E-state index < -0.39 is 0 Å². The van der Waals surface area contributed by atoms with Crippen molar-refractivity contribution in [1.29, 1.82) is 0 Å². The van der Waals surface area contributed by atoms with Gasteiger partial charge in [0.1, 0.15) is 0 Å². The van der Waals surface area contributed by atoms with Gasteiger partial charge in [-0.15, -0.1) is 0 Å². The van der Waals surface area contributed by atoms with Crippen LogP contribution in [0.25, 0.3) is 0 Å². The lowest BCUT2D eigenvalue weighted by atomic mass is 9.90. The van der Waals surface area contributed by atoms with Crippen LogP contribution in [-0.4, -0.2) is 23.4 Å². The minimum Gasteiger partial charge on any atom is -0.334 e. The molecule has 2 N–H and O–H groups in total. The SMILES string of the molecule is CCN1C(=O)CCC(N)C1c1ccc(C)c(Br)c1. The number of rotatable bonds is 2. The van der Waals surface area contributed by atoms with Gasteiger partial charge in [-0.1, -0.05) is 28.1 Å². The maximum Gasteiger partial charge on any atom is 0.223 e. The number of nitrogens with zero attached hydrogens (tertiary/aromatic N) is 1.